The molecule has 0 heterocycles. The average molecular weight is 283 g/mol. The standard InChI is InChI=1S/C15H19F2NO2/c1-18(13-6-8-15(16,17)9-7-13)10-11-2-4-12(5-3-11)14(19)20/h2-5,13H,6-10H2,1H3,(H,19,20). The first-order valence-electron chi connectivity index (χ1n) is 6.78. The molecule has 0 aliphatic heterocycles. The first-order valence-corrected chi connectivity index (χ1v) is 6.78. The molecular weight excluding hydrogens is 264 g/mol. The Bertz CT molecular complexity index is 463. The van der Waals surface area contributed by atoms with E-state index in [1.807, 2.05) is 7.05 Å². The van der Waals surface area contributed by atoms with Crippen LogP contribution in [0.1, 0.15) is 41.6 Å². The second kappa shape index (κ2) is 5.87. The summed E-state index contributed by atoms with van der Waals surface area (Å²) in [6, 6.07) is 6.87. The summed E-state index contributed by atoms with van der Waals surface area (Å²) < 4.78 is 26.2. The van der Waals surface area contributed by atoms with Crippen LogP contribution in [0.3, 0.4) is 0 Å². The smallest absolute Gasteiger partial charge is 0.335 e. The van der Waals surface area contributed by atoms with Gasteiger partial charge in [0, 0.05) is 25.4 Å². The highest BCUT2D eigenvalue weighted by Gasteiger charge is 2.36. The summed E-state index contributed by atoms with van der Waals surface area (Å²) in [6.45, 7) is 0.649. The summed E-state index contributed by atoms with van der Waals surface area (Å²) in [5.41, 5.74) is 1.25. The third kappa shape index (κ3) is 3.76. The molecule has 1 aliphatic carbocycles. The minimum absolute atomic E-state index is 0.0417. The fraction of sp³-hybridized carbons (Fsp3) is 0.533. The molecule has 1 aromatic carbocycles. The monoisotopic (exact) mass is 283 g/mol. The molecule has 1 N–H and O–H groups in total. The molecule has 20 heavy (non-hydrogen) atoms. The van der Waals surface area contributed by atoms with Crippen LogP contribution in [0.25, 0.3) is 0 Å². The van der Waals surface area contributed by atoms with Crippen molar-refractivity contribution in [3.63, 3.8) is 0 Å². The summed E-state index contributed by atoms with van der Waals surface area (Å²) in [7, 11) is 1.93. The first kappa shape index (κ1) is 14.9. The summed E-state index contributed by atoms with van der Waals surface area (Å²) in [5, 5.41) is 8.83. The maximum absolute atomic E-state index is 13.1. The van der Waals surface area contributed by atoms with Crippen LogP contribution in [0.15, 0.2) is 24.3 Å². The number of aromatic carboxylic acids is 1. The Balaban J connectivity index is 1.91. The predicted octanol–water partition coefficient (Wildman–Crippen LogP) is 3.39. The molecular formula is C15H19F2NO2. The van der Waals surface area contributed by atoms with E-state index in [2.05, 4.69) is 4.90 Å². The third-order valence-corrected chi connectivity index (χ3v) is 3.94. The molecule has 110 valence electrons. The van der Waals surface area contributed by atoms with Gasteiger partial charge in [-0.3, -0.25) is 4.90 Å². The quantitative estimate of drug-likeness (QED) is 0.920. The van der Waals surface area contributed by atoms with Crippen LogP contribution in [0.5, 0.6) is 0 Å². The number of hydrogen-bond acceptors (Lipinski definition) is 2. The van der Waals surface area contributed by atoms with Crippen LogP contribution in [-0.2, 0) is 6.54 Å². The van der Waals surface area contributed by atoms with E-state index < -0.39 is 11.9 Å². The second-order valence-corrected chi connectivity index (χ2v) is 5.50. The zero-order valence-electron chi connectivity index (χ0n) is 11.5. The van der Waals surface area contributed by atoms with Crippen LogP contribution in [-0.4, -0.2) is 35.0 Å². The van der Waals surface area contributed by atoms with E-state index in [-0.39, 0.29) is 24.4 Å². The van der Waals surface area contributed by atoms with Gasteiger partial charge < -0.3 is 5.11 Å². The lowest BCUT2D eigenvalue weighted by molar-refractivity contribution is -0.0519. The van der Waals surface area contributed by atoms with E-state index in [0.717, 1.165) is 5.56 Å². The molecule has 0 bridgehead atoms. The zero-order chi connectivity index (χ0) is 14.8. The fourth-order valence-electron chi connectivity index (χ4n) is 2.64. The van der Waals surface area contributed by atoms with Crippen molar-refractivity contribution >= 4 is 5.97 Å². The molecule has 0 radical (unpaired) electrons. The number of carboxylic acid groups (broad SMARTS) is 1. The van der Waals surface area contributed by atoms with Gasteiger partial charge in [0.1, 0.15) is 0 Å². The topological polar surface area (TPSA) is 40.5 Å². The number of hydrogen-bond donors (Lipinski definition) is 1. The number of alkyl halides is 2. The molecule has 0 amide bonds. The Morgan fingerprint density at radius 1 is 1.30 bits per heavy atom. The van der Waals surface area contributed by atoms with Crippen LogP contribution in [0.2, 0.25) is 0 Å². The van der Waals surface area contributed by atoms with Crippen LogP contribution < -0.4 is 0 Å². The summed E-state index contributed by atoms with van der Waals surface area (Å²) >= 11 is 0. The summed E-state index contributed by atoms with van der Waals surface area (Å²) in [5.74, 6) is -3.44. The van der Waals surface area contributed by atoms with Gasteiger partial charge in [-0.25, -0.2) is 13.6 Å². The number of halogens is 2. The van der Waals surface area contributed by atoms with Gasteiger partial charge in [-0.05, 0) is 37.6 Å². The zero-order valence-corrected chi connectivity index (χ0v) is 11.5. The lowest BCUT2D eigenvalue weighted by Gasteiger charge is -2.34. The van der Waals surface area contributed by atoms with Gasteiger partial charge in [-0.15, -0.1) is 0 Å². The van der Waals surface area contributed by atoms with Crippen molar-refractivity contribution in [2.45, 2.75) is 44.2 Å². The van der Waals surface area contributed by atoms with Crippen molar-refractivity contribution in [3.05, 3.63) is 35.4 Å². The molecule has 0 saturated heterocycles. The molecule has 0 spiro atoms. The summed E-state index contributed by atoms with van der Waals surface area (Å²) in [6.07, 6.45) is 0.938. The SMILES string of the molecule is CN(Cc1ccc(C(=O)O)cc1)C1CCC(F)(F)CC1. The maximum Gasteiger partial charge on any atom is 0.335 e. The van der Waals surface area contributed by atoms with Crippen molar-refractivity contribution in [1.82, 2.24) is 4.90 Å². The Morgan fingerprint density at radius 2 is 1.85 bits per heavy atom. The molecule has 1 saturated carbocycles. The van der Waals surface area contributed by atoms with E-state index in [1.54, 1.807) is 24.3 Å². The van der Waals surface area contributed by atoms with Crippen molar-refractivity contribution in [1.29, 1.82) is 0 Å². The summed E-state index contributed by atoms with van der Waals surface area (Å²) in [4.78, 5) is 12.8. The number of rotatable bonds is 4. The van der Waals surface area contributed by atoms with Gasteiger partial charge >= 0.3 is 5.97 Å². The molecule has 0 aromatic heterocycles. The minimum Gasteiger partial charge on any atom is -0.478 e. The largest absolute Gasteiger partial charge is 0.478 e. The van der Waals surface area contributed by atoms with E-state index in [9.17, 15) is 13.6 Å². The molecule has 3 nitrogen and oxygen atoms in total. The van der Waals surface area contributed by atoms with Crippen molar-refractivity contribution < 1.29 is 18.7 Å². The molecule has 1 aliphatic rings. The Labute approximate surface area is 117 Å². The number of carboxylic acids is 1. The molecule has 1 aromatic rings. The van der Waals surface area contributed by atoms with Crippen LogP contribution in [0.4, 0.5) is 8.78 Å². The van der Waals surface area contributed by atoms with E-state index in [1.165, 1.54) is 0 Å². The van der Waals surface area contributed by atoms with E-state index in [4.69, 9.17) is 5.11 Å². The van der Waals surface area contributed by atoms with Gasteiger partial charge in [0.05, 0.1) is 5.56 Å². The van der Waals surface area contributed by atoms with Crippen molar-refractivity contribution in [3.8, 4) is 0 Å². The number of nitrogens with zero attached hydrogens (tertiary/aromatic N) is 1. The Kier molecular flexibility index (Phi) is 4.38. The van der Waals surface area contributed by atoms with Gasteiger partial charge in [-0.1, -0.05) is 12.1 Å². The lowest BCUT2D eigenvalue weighted by atomic mass is 9.91. The van der Waals surface area contributed by atoms with Crippen molar-refractivity contribution in [2.75, 3.05) is 7.05 Å². The first-order chi connectivity index (χ1) is 9.37. The highest BCUT2D eigenvalue weighted by Crippen LogP contribution is 2.35. The molecule has 0 atom stereocenters. The van der Waals surface area contributed by atoms with E-state index in [0.29, 0.717) is 19.4 Å². The molecule has 2 rings (SSSR count). The molecule has 0 unspecified atom stereocenters. The lowest BCUT2D eigenvalue weighted by Crippen LogP contribution is -2.38. The Morgan fingerprint density at radius 3 is 2.35 bits per heavy atom. The number of carbonyl (C=O) groups is 1. The number of benzene rings is 1. The maximum atomic E-state index is 13.1. The van der Waals surface area contributed by atoms with Gasteiger partial charge in [0.15, 0.2) is 0 Å². The molecule has 5 heteroatoms. The highest BCUT2D eigenvalue weighted by atomic mass is 19.3. The third-order valence-electron chi connectivity index (χ3n) is 3.94. The van der Waals surface area contributed by atoms with Gasteiger partial charge in [0.25, 0.3) is 0 Å². The highest BCUT2D eigenvalue weighted by molar-refractivity contribution is 5.87. The second-order valence-electron chi connectivity index (χ2n) is 5.50. The van der Waals surface area contributed by atoms with Crippen molar-refractivity contribution in [2.24, 2.45) is 0 Å². The minimum atomic E-state index is -2.50. The van der Waals surface area contributed by atoms with Crippen LogP contribution >= 0.6 is 0 Å². The fourth-order valence-corrected chi connectivity index (χ4v) is 2.64. The van der Waals surface area contributed by atoms with Crippen LogP contribution in [0, 0.1) is 0 Å². The van der Waals surface area contributed by atoms with Gasteiger partial charge in [0.2, 0.25) is 5.92 Å². The van der Waals surface area contributed by atoms with E-state index >= 15 is 0 Å². The Hall–Kier alpha value is -1.49. The normalized spacial score (nSPS) is 19.2. The predicted molar refractivity (Wildman–Crippen MR) is 72.1 cm³/mol. The average Bonchev–Trinajstić information content (AvgIpc) is 2.39. The molecule has 1 fully saturated rings. The van der Waals surface area contributed by atoms with Gasteiger partial charge in [-0.2, -0.15) is 0 Å².